The Hall–Kier alpha value is -5.94. The van der Waals surface area contributed by atoms with Crippen molar-refractivity contribution < 1.29 is 58.3 Å². The second kappa shape index (κ2) is 9.50. The van der Waals surface area contributed by atoms with E-state index in [9.17, 15) is 44.1 Å². The second-order valence-corrected chi connectivity index (χ2v) is 7.24. The molecular weight excluding hydrogens is 528 g/mol. The smallest absolute Gasteiger partial charge is 0.359 e. The number of benzene rings is 1. The summed E-state index contributed by atoms with van der Waals surface area (Å²) in [4.78, 5) is 96.2. The van der Waals surface area contributed by atoms with Crippen molar-refractivity contribution in [3.63, 3.8) is 0 Å². The summed E-state index contributed by atoms with van der Waals surface area (Å²) < 4.78 is 13.7. The lowest BCUT2D eigenvalue weighted by Crippen LogP contribution is -2.19. The van der Waals surface area contributed by atoms with E-state index in [1.165, 1.54) is 0 Å². The maximum Gasteiger partial charge on any atom is 0.359 e. The first kappa shape index (κ1) is 26.1. The van der Waals surface area contributed by atoms with Gasteiger partial charge in [0.05, 0.1) is 21.3 Å². The molecule has 0 bridgehead atoms. The van der Waals surface area contributed by atoms with Crippen molar-refractivity contribution in [1.29, 1.82) is 0 Å². The zero-order valence-electron chi connectivity index (χ0n) is 19.7. The number of aromatic carboxylic acids is 3. The van der Waals surface area contributed by atoms with E-state index in [0.717, 1.165) is 21.3 Å². The van der Waals surface area contributed by atoms with Gasteiger partial charge < -0.3 is 29.5 Å². The summed E-state index contributed by atoms with van der Waals surface area (Å²) >= 11 is 0. The van der Waals surface area contributed by atoms with Gasteiger partial charge in [-0.05, 0) is 0 Å². The van der Waals surface area contributed by atoms with Gasteiger partial charge >= 0.3 is 35.8 Å². The summed E-state index contributed by atoms with van der Waals surface area (Å²) in [6.07, 6.45) is 0. The summed E-state index contributed by atoms with van der Waals surface area (Å²) in [5, 5.41) is 28.9. The van der Waals surface area contributed by atoms with Gasteiger partial charge in [0, 0.05) is 0 Å². The van der Waals surface area contributed by atoms with Gasteiger partial charge in [-0.3, -0.25) is 0 Å². The highest BCUT2D eigenvalue weighted by Gasteiger charge is 2.31. The van der Waals surface area contributed by atoms with E-state index >= 15 is 0 Å². The molecular formula is C21H12N6O12. The van der Waals surface area contributed by atoms with Crippen molar-refractivity contribution in [1.82, 2.24) is 29.9 Å². The number of carbonyl (C=O) groups is 6. The summed E-state index contributed by atoms with van der Waals surface area (Å²) in [6.45, 7) is 0. The molecule has 0 saturated heterocycles. The van der Waals surface area contributed by atoms with Gasteiger partial charge in [0.15, 0.2) is 34.2 Å². The highest BCUT2D eigenvalue weighted by Crippen LogP contribution is 2.32. The fraction of sp³-hybridized carbons (Fsp3) is 0.143. The topological polar surface area (TPSA) is 268 Å². The fourth-order valence-electron chi connectivity index (χ4n) is 3.46. The molecule has 0 radical (unpaired) electrons. The number of carboxylic acids is 3. The van der Waals surface area contributed by atoms with Crippen LogP contribution >= 0.6 is 0 Å². The van der Waals surface area contributed by atoms with E-state index in [-0.39, 0.29) is 0 Å². The molecule has 18 nitrogen and oxygen atoms in total. The van der Waals surface area contributed by atoms with Crippen LogP contribution in [0.4, 0.5) is 0 Å². The van der Waals surface area contributed by atoms with Crippen LogP contribution < -0.4 is 0 Å². The van der Waals surface area contributed by atoms with Crippen molar-refractivity contribution in [2.75, 3.05) is 21.3 Å². The number of hydrogen-bond acceptors (Lipinski definition) is 15. The van der Waals surface area contributed by atoms with Crippen LogP contribution in [-0.2, 0) is 14.2 Å². The Kier molecular flexibility index (Phi) is 6.37. The summed E-state index contributed by atoms with van der Waals surface area (Å²) in [5.41, 5.74) is -8.15. The number of carbonyl (C=O) groups excluding carboxylic acids is 3. The largest absolute Gasteiger partial charge is 0.476 e. The summed E-state index contributed by atoms with van der Waals surface area (Å²) in [6, 6.07) is 0. The van der Waals surface area contributed by atoms with Crippen LogP contribution in [0.25, 0.3) is 33.1 Å². The summed E-state index contributed by atoms with van der Waals surface area (Å²) in [5.74, 6) is -8.93. The number of fused-ring (bicyclic) bond motifs is 6. The molecule has 0 aliphatic carbocycles. The standard InChI is InChI=1S/C21H12N6O12/c1-37-19(34)13-10(16(28)29)22-4-7(25-13)5-9(27-14(20(35)38-2)11(23-5)17(30)31)6-8(4)26-15(21(36)39-3)12(24-6)18(32)33/h1-3H3,(H,28,29)(H,30,31)(H,32,33). The molecule has 198 valence electrons. The van der Waals surface area contributed by atoms with Crippen LogP contribution in [-0.4, -0.2) is 102 Å². The minimum absolute atomic E-state index is 0.470. The third-order valence-electron chi connectivity index (χ3n) is 5.10. The molecule has 3 aromatic heterocycles. The van der Waals surface area contributed by atoms with Gasteiger partial charge in [-0.15, -0.1) is 0 Å². The quantitative estimate of drug-likeness (QED) is 0.164. The molecule has 1 aromatic carbocycles. The van der Waals surface area contributed by atoms with Gasteiger partial charge in [0.1, 0.15) is 33.1 Å². The maximum atomic E-state index is 12.3. The Bertz CT molecular complexity index is 1580. The number of ether oxygens (including phenoxy) is 3. The van der Waals surface area contributed by atoms with Crippen LogP contribution in [0.2, 0.25) is 0 Å². The Balaban J connectivity index is 2.39. The molecule has 0 unspecified atom stereocenters. The first-order valence-electron chi connectivity index (χ1n) is 10.2. The molecule has 0 spiro atoms. The average molecular weight is 540 g/mol. The van der Waals surface area contributed by atoms with E-state index in [4.69, 9.17) is 0 Å². The number of methoxy groups -OCH3 is 3. The predicted molar refractivity (Wildman–Crippen MR) is 121 cm³/mol. The number of esters is 3. The highest BCUT2D eigenvalue weighted by atomic mass is 16.5. The molecule has 0 aliphatic heterocycles. The zero-order chi connectivity index (χ0) is 28.8. The van der Waals surface area contributed by atoms with Crippen LogP contribution in [0.15, 0.2) is 0 Å². The van der Waals surface area contributed by atoms with Crippen LogP contribution in [0.1, 0.15) is 62.9 Å². The molecule has 3 N–H and O–H groups in total. The lowest BCUT2D eigenvalue weighted by Gasteiger charge is -2.13. The van der Waals surface area contributed by atoms with E-state index in [1.54, 1.807) is 0 Å². The number of aromatic nitrogens is 6. The van der Waals surface area contributed by atoms with Crippen molar-refractivity contribution >= 4 is 68.9 Å². The lowest BCUT2D eigenvalue weighted by molar-refractivity contribution is 0.0571. The Morgan fingerprint density at radius 2 is 0.590 bits per heavy atom. The summed E-state index contributed by atoms with van der Waals surface area (Å²) in [7, 11) is 2.81. The Labute approximate surface area is 213 Å². The van der Waals surface area contributed by atoms with Gasteiger partial charge in [-0.2, -0.15) is 0 Å². The highest BCUT2D eigenvalue weighted by molar-refractivity contribution is 6.21. The monoisotopic (exact) mass is 540 g/mol. The molecule has 0 atom stereocenters. The normalized spacial score (nSPS) is 10.8. The minimum atomic E-state index is -1.74. The van der Waals surface area contributed by atoms with Crippen molar-refractivity contribution in [3.05, 3.63) is 34.2 Å². The third kappa shape index (κ3) is 4.10. The minimum Gasteiger partial charge on any atom is -0.476 e. The number of rotatable bonds is 6. The maximum absolute atomic E-state index is 12.3. The fourth-order valence-corrected chi connectivity index (χ4v) is 3.46. The van der Waals surface area contributed by atoms with Crippen LogP contribution in [0.5, 0.6) is 0 Å². The lowest BCUT2D eigenvalue weighted by atomic mass is 10.1. The third-order valence-corrected chi connectivity index (χ3v) is 5.10. The first-order valence-corrected chi connectivity index (χ1v) is 10.2. The number of nitrogens with zero attached hydrogens (tertiary/aromatic N) is 6. The number of carboxylic acid groups (broad SMARTS) is 3. The van der Waals surface area contributed by atoms with Crippen molar-refractivity contribution in [2.45, 2.75) is 0 Å². The van der Waals surface area contributed by atoms with Crippen LogP contribution in [0, 0.1) is 0 Å². The van der Waals surface area contributed by atoms with E-state index in [1.807, 2.05) is 0 Å². The van der Waals surface area contributed by atoms with E-state index < -0.39 is 103 Å². The molecule has 4 rings (SSSR count). The molecule has 18 heteroatoms. The molecule has 0 aliphatic rings. The van der Waals surface area contributed by atoms with Gasteiger partial charge in [0.2, 0.25) is 0 Å². The second-order valence-electron chi connectivity index (χ2n) is 7.24. The number of hydrogen-bond donors (Lipinski definition) is 3. The van der Waals surface area contributed by atoms with Gasteiger partial charge in [-0.1, -0.05) is 0 Å². The Morgan fingerprint density at radius 3 is 0.744 bits per heavy atom. The predicted octanol–water partition coefficient (Wildman–Crippen LogP) is -0.0294. The average Bonchev–Trinajstić information content (AvgIpc) is 2.93. The van der Waals surface area contributed by atoms with E-state index in [0.29, 0.717) is 0 Å². The first-order chi connectivity index (χ1) is 18.4. The molecule has 4 aromatic rings. The van der Waals surface area contributed by atoms with Crippen LogP contribution in [0.3, 0.4) is 0 Å². The zero-order valence-corrected chi connectivity index (χ0v) is 19.7. The van der Waals surface area contributed by atoms with Gasteiger partial charge in [-0.25, -0.2) is 58.7 Å². The van der Waals surface area contributed by atoms with Crippen molar-refractivity contribution in [3.8, 4) is 0 Å². The van der Waals surface area contributed by atoms with E-state index in [2.05, 4.69) is 44.1 Å². The molecule has 0 fully saturated rings. The SMILES string of the molecule is COC(=O)c1nc2c(nc1C(=O)O)c1nc(C(=O)OC)c(C(=O)O)nc1c1nc(C(=O)OC)c(C(=O)O)nc21. The molecule has 3 heterocycles. The Morgan fingerprint density at radius 1 is 0.410 bits per heavy atom. The molecule has 0 amide bonds. The molecule has 0 saturated carbocycles. The molecule has 39 heavy (non-hydrogen) atoms. The van der Waals surface area contributed by atoms with Gasteiger partial charge in [0.25, 0.3) is 0 Å². The van der Waals surface area contributed by atoms with Crippen molar-refractivity contribution in [2.24, 2.45) is 0 Å².